The maximum atomic E-state index is 12.3. The lowest BCUT2D eigenvalue weighted by atomic mass is 9.93. The molecule has 7 nitrogen and oxygen atoms in total. The molecule has 0 atom stereocenters. The van der Waals surface area contributed by atoms with Gasteiger partial charge in [-0.15, -0.1) is 0 Å². The van der Waals surface area contributed by atoms with E-state index in [4.69, 9.17) is 9.97 Å². The summed E-state index contributed by atoms with van der Waals surface area (Å²) in [7, 11) is 3.44. The van der Waals surface area contributed by atoms with Gasteiger partial charge in [-0.25, -0.2) is 14.8 Å². The summed E-state index contributed by atoms with van der Waals surface area (Å²) in [6, 6.07) is 22.7. The second kappa shape index (κ2) is 10.8. The number of carboxylic acid groups (broad SMARTS) is 1. The van der Waals surface area contributed by atoms with E-state index in [9.17, 15) is 14.7 Å². The van der Waals surface area contributed by atoms with Crippen LogP contribution >= 0.6 is 0 Å². The number of hydrogen-bond donors (Lipinski definition) is 1. The molecule has 3 aromatic carbocycles. The lowest BCUT2D eigenvalue weighted by Gasteiger charge is -2.13. The molecule has 2 heterocycles. The van der Waals surface area contributed by atoms with Gasteiger partial charge >= 0.3 is 5.97 Å². The molecule has 1 N–H and O–H groups in total. The van der Waals surface area contributed by atoms with Crippen molar-refractivity contribution >= 4 is 23.0 Å². The number of carboxylic acids is 1. The molecule has 0 aliphatic rings. The van der Waals surface area contributed by atoms with Crippen LogP contribution in [0.3, 0.4) is 0 Å². The van der Waals surface area contributed by atoms with Gasteiger partial charge in [0.2, 0.25) is 0 Å². The summed E-state index contributed by atoms with van der Waals surface area (Å²) in [5.74, 6) is -0.0596. The fraction of sp³-hybridized carbons (Fsp3) is 0.212. The first-order chi connectivity index (χ1) is 19.2. The van der Waals surface area contributed by atoms with Crippen molar-refractivity contribution in [2.24, 2.45) is 0 Å². The molecule has 7 heteroatoms. The van der Waals surface area contributed by atoms with E-state index in [-0.39, 0.29) is 11.5 Å². The summed E-state index contributed by atoms with van der Waals surface area (Å²) in [6.45, 7) is 6.78. The van der Waals surface area contributed by atoms with Crippen LogP contribution in [0.2, 0.25) is 0 Å². The number of hydrogen-bond acceptors (Lipinski definition) is 4. The van der Waals surface area contributed by atoms with Crippen molar-refractivity contribution < 1.29 is 14.7 Å². The molecule has 0 aliphatic heterocycles. The third-order valence-corrected chi connectivity index (χ3v) is 7.14. The van der Waals surface area contributed by atoms with Gasteiger partial charge in [0.25, 0.3) is 5.91 Å². The molecule has 0 unspecified atom stereocenters. The molecule has 0 aliphatic carbocycles. The molecule has 0 saturated heterocycles. The average Bonchev–Trinajstić information content (AvgIpc) is 3.30. The van der Waals surface area contributed by atoms with E-state index in [1.54, 1.807) is 38.4 Å². The topological polar surface area (TPSA) is 88.3 Å². The Balaban J connectivity index is 1.48. The fourth-order valence-electron chi connectivity index (χ4n) is 5.07. The summed E-state index contributed by atoms with van der Waals surface area (Å²) in [5, 5.41) is 9.91. The molecule has 5 rings (SSSR count). The van der Waals surface area contributed by atoms with E-state index in [0.717, 1.165) is 56.9 Å². The SMILES string of the molecule is CCc1nc2c(C)cc(C)nc2n1Cc1ccc(-c2cc(-c3ccc(C(=O)N(C)C)cc3)ccc2C(=O)O)cc1. The minimum Gasteiger partial charge on any atom is -0.478 e. The first-order valence-electron chi connectivity index (χ1n) is 13.3. The van der Waals surface area contributed by atoms with E-state index in [1.807, 2.05) is 49.4 Å². The van der Waals surface area contributed by atoms with Gasteiger partial charge in [-0.1, -0.05) is 49.4 Å². The molecular formula is C33H32N4O3. The Kier molecular flexibility index (Phi) is 7.22. The van der Waals surface area contributed by atoms with Crippen LogP contribution in [-0.2, 0) is 13.0 Å². The molecule has 2 aromatic heterocycles. The minimum atomic E-state index is -0.980. The van der Waals surface area contributed by atoms with E-state index < -0.39 is 5.97 Å². The van der Waals surface area contributed by atoms with Gasteiger partial charge in [0, 0.05) is 31.8 Å². The molecule has 1 amide bonds. The van der Waals surface area contributed by atoms with Crippen molar-refractivity contribution in [1.82, 2.24) is 19.4 Å². The number of carbonyl (C=O) groups is 2. The Morgan fingerprint density at radius 3 is 2.12 bits per heavy atom. The summed E-state index contributed by atoms with van der Waals surface area (Å²) in [6.07, 6.45) is 0.798. The third kappa shape index (κ3) is 5.10. The molecule has 0 radical (unpaired) electrons. The zero-order valence-corrected chi connectivity index (χ0v) is 23.4. The number of benzene rings is 3. The number of pyridine rings is 1. The highest BCUT2D eigenvalue weighted by atomic mass is 16.4. The number of nitrogens with zero attached hydrogens (tertiary/aromatic N) is 4. The van der Waals surface area contributed by atoms with Crippen molar-refractivity contribution in [2.45, 2.75) is 33.7 Å². The largest absolute Gasteiger partial charge is 0.478 e. The summed E-state index contributed by atoms with van der Waals surface area (Å²) < 4.78 is 2.17. The molecule has 40 heavy (non-hydrogen) atoms. The molecular weight excluding hydrogens is 500 g/mol. The highest BCUT2D eigenvalue weighted by Gasteiger charge is 2.16. The van der Waals surface area contributed by atoms with Gasteiger partial charge in [0.1, 0.15) is 11.3 Å². The Morgan fingerprint density at radius 2 is 1.50 bits per heavy atom. The molecule has 0 saturated carbocycles. The predicted molar refractivity (Wildman–Crippen MR) is 158 cm³/mol. The van der Waals surface area contributed by atoms with Gasteiger partial charge in [-0.05, 0) is 77.6 Å². The third-order valence-electron chi connectivity index (χ3n) is 7.14. The smallest absolute Gasteiger partial charge is 0.336 e. The standard InChI is InChI=1S/C33H32N4O3/c1-6-29-35-30-20(2)17-21(3)34-31(30)37(29)19-22-7-9-24(10-8-22)28-18-26(15-16-27(28)33(39)40)23-11-13-25(14-12-23)32(38)36(4)5/h7-18H,6,19H2,1-5H3,(H,39,40). The molecule has 5 aromatic rings. The van der Waals surface area contributed by atoms with E-state index in [1.165, 1.54) is 4.90 Å². The number of amides is 1. The highest BCUT2D eigenvalue weighted by molar-refractivity contribution is 5.98. The van der Waals surface area contributed by atoms with Crippen LogP contribution in [0, 0.1) is 13.8 Å². The summed E-state index contributed by atoms with van der Waals surface area (Å²) in [5.41, 5.74) is 9.05. The average molecular weight is 533 g/mol. The molecule has 0 fully saturated rings. The van der Waals surface area contributed by atoms with Gasteiger partial charge in [-0.3, -0.25) is 4.79 Å². The van der Waals surface area contributed by atoms with Gasteiger partial charge in [0.05, 0.1) is 12.1 Å². The number of aromatic carboxylic acids is 1. The zero-order valence-electron chi connectivity index (χ0n) is 23.4. The number of aryl methyl sites for hydroxylation is 3. The van der Waals surface area contributed by atoms with E-state index in [0.29, 0.717) is 17.7 Å². The van der Waals surface area contributed by atoms with Crippen LogP contribution in [0.4, 0.5) is 0 Å². The Hall–Kier alpha value is -4.78. The minimum absolute atomic E-state index is 0.0654. The van der Waals surface area contributed by atoms with E-state index in [2.05, 4.69) is 24.5 Å². The number of aromatic nitrogens is 3. The number of imidazole rings is 1. The number of rotatable bonds is 7. The first-order valence-corrected chi connectivity index (χ1v) is 13.3. The maximum absolute atomic E-state index is 12.3. The lowest BCUT2D eigenvalue weighted by Crippen LogP contribution is -2.21. The van der Waals surface area contributed by atoms with Crippen molar-refractivity contribution in [3.8, 4) is 22.3 Å². The second-order valence-electron chi connectivity index (χ2n) is 10.3. The highest BCUT2D eigenvalue weighted by Crippen LogP contribution is 2.31. The number of fused-ring (bicyclic) bond motifs is 1. The predicted octanol–water partition coefficient (Wildman–Crippen LogP) is 6.39. The summed E-state index contributed by atoms with van der Waals surface area (Å²) in [4.78, 5) is 35.5. The van der Waals surface area contributed by atoms with Crippen LogP contribution in [0.1, 0.15) is 50.3 Å². The quantitative estimate of drug-likeness (QED) is 0.262. The van der Waals surface area contributed by atoms with Crippen LogP contribution < -0.4 is 0 Å². The number of carbonyl (C=O) groups excluding carboxylic acids is 1. The fourth-order valence-corrected chi connectivity index (χ4v) is 5.07. The van der Waals surface area contributed by atoms with Crippen LogP contribution in [0.5, 0.6) is 0 Å². The first kappa shape index (κ1) is 26.8. The van der Waals surface area contributed by atoms with Crippen molar-refractivity contribution in [3.63, 3.8) is 0 Å². The maximum Gasteiger partial charge on any atom is 0.336 e. The van der Waals surface area contributed by atoms with Crippen LogP contribution in [-0.4, -0.2) is 50.5 Å². The van der Waals surface area contributed by atoms with Gasteiger partial charge in [0.15, 0.2) is 5.65 Å². The molecule has 0 bridgehead atoms. The van der Waals surface area contributed by atoms with Crippen LogP contribution in [0.25, 0.3) is 33.4 Å². The summed E-state index contributed by atoms with van der Waals surface area (Å²) >= 11 is 0. The normalized spacial score (nSPS) is 11.1. The zero-order chi connectivity index (χ0) is 28.6. The second-order valence-corrected chi connectivity index (χ2v) is 10.3. The van der Waals surface area contributed by atoms with Crippen LogP contribution in [0.15, 0.2) is 72.8 Å². The van der Waals surface area contributed by atoms with Crippen molar-refractivity contribution in [3.05, 3.63) is 107 Å². The molecule has 202 valence electrons. The van der Waals surface area contributed by atoms with Crippen molar-refractivity contribution in [2.75, 3.05) is 14.1 Å². The van der Waals surface area contributed by atoms with Crippen molar-refractivity contribution in [1.29, 1.82) is 0 Å². The monoisotopic (exact) mass is 532 g/mol. The van der Waals surface area contributed by atoms with Gasteiger partial charge in [-0.2, -0.15) is 0 Å². The Bertz CT molecular complexity index is 1730. The van der Waals surface area contributed by atoms with E-state index >= 15 is 0 Å². The van der Waals surface area contributed by atoms with Gasteiger partial charge < -0.3 is 14.6 Å². The Morgan fingerprint density at radius 1 is 0.850 bits per heavy atom. The lowest BCUT2D eigenvalue weighted by molar-refractivity contribution is 0.0697. The molecule has 0 spiro atoms. The Labute approximate surface area is 233 Å².